The molecule has 17 heavy (non-hydrogen) atoms. The van der Waals surface area contributed by atoms with Gasteiger partial charge in [-0.2, -0.15) is 0 Å². The van der Waals surface area contributed by atoms with Crippen molar-refractivity contribution < 1.29 is 0 Å². The minimum atomic E-state index is 0.241. The Labute approximate surface area is 104 Å². The Bertz CT molecular complexity index is 407. The molecule has 92 valence electrons. The zero-order valence-electron chi connectivity index (χ0n) is 11.0. The van der Waals surface area contributed by atoms with E-state index in [0.717, 1.165) is 24.2 Å². The first-order valence-corrected chi connectivity index (χ1v) is 6.11. The molecule has 0 bridgehead atoms. The summed E-state index contributed by atoms with van der Waals surface area (Å²) in [7, 11) is 0. The van der Waals surface area contributed by atoms with Crippen LogP contribution in [0.2, 0.25) is 0 Å². The molecule has 0 aromatic heterocycles. The maximum Gasteiger partial charge on any atom is 0.0416 e. The largest absolute Gasteiger partial charge is 0.359 e. The molecular formula is C15H22N2. The van der Waals surface area contributed by atoms with Crippen molar-refractivity contribution in [2.45, 2.75) is 33.6 Å². The Morgan fingerprint density at radius 2 is 2.24 bits per heavy atom. The van der Waals surface area contributed by atoms with E-state index >= 15 is 0 Å². The van der Waals surface area contributed by atoms with Gasteiger partial charge in [-0.05, 0) is 49.1 Å². The number of anilines is 1. The van der Waals surface area contributed by atoms with Crippen LogP contribution >= 0.6 is 0 Å². The molecule has 0 amide bonds. The summed E-state index contributed by atoms with van der Waals surface area (Å²) in [6, 6.07) is 6.44. The lowest BCUT2D eigenvalue weighted by atomic mass is 10.1. The van der Waals surface area contributed by atoms with E-state index in [4.69, 9.17) is 5.41 Å². The van der Waals surface area contributed by atoms with Gasteiger partial charge < -0.3 is 10.7 Å². The number of nitrogens with one attached hydrogen (secondary N) is 2. The smallest absolute Gasteiger partial charge is 0.0416 e. The number of hydrogen-bond donors (Lipinski definition) is 2. The third-order valence-corrected chi connectivity index (χ3v) is 2.81. The summed E-state index contributed by atoms with van der Waals surface area (Å²) in [4.78, 5) is 0. The van der Waals surface area contributed by atoms with Gasteiger partial charge in [0.15, 0.2) is 0 Å². The lowest BCUT2D eigenvalue weighted by Crippen LogP contribution is -2.06. The maximum absolute atomic E-state index is 7.20. The first kappa shape index (κ1) is 13.5. The number of allylic oxidation sites excluding steroid dienone is 1. The Morgan fingerprint density at radius 1 is 1.53 bits per heavy atom. The lowest BCUT2D eigenvalue weighted by molar-refractivity contribution is 0.775. The number of aryl methyl sites for hydroxylation is 2. The van der Waals surface area contributed by atoms with Crippen LogP contribution < -0.4 is 5.32 Å². The van der Waals surface area contributed by atoms with E-state index in [1.165, 1.54) is 17.3 Å². The van der Waals surface area contributed by atoms with Gasteiger partial charge in [0.1, 0.15) is 0 Å². The molecule has 1 aromatic carbocycles. The predicted octanol–water partition coefficient (Wildman–Crippen LogP) is 4.16. The summed E-state index contributed by atoms with van der Waals surface area (Å²) >= 11 is 0. The highest BCUT2D eigenvalue weighted by atomic mass is 14.9. The maximum atomic E-state index is 7.20. The minimum absolute atomic E-state index is 0.241. The van der Waals surface area contributed by atoms with Crippen LogP contribution in [0.5, 0.6) is 0 Å². The molecule has 0 heterocycles. The van der Waals surface area contributed by atoms with E-state index in [1.807, 2.05) is 6.92 Å². The van der Waals surface area contributed by atoms with Crippen molar-refractivity contribution in [2.75, 3.05) is 5.32 Å². The Balaban J connectivity index is 2.76. The SMILES string of the molecule is C=C(CC(C)C=N)Nc1cc(C)ccc1CC. The first-order chi connectivity index (χ1) is 8.06. The average molecular weight is 230 g/mol. The van der Waals surface area contributed by atoms with E-state index in [2.05, 4.69) is 43.9 Å². The predicted molar refractivity (Wildman–Crippen MR) is 75.9 cm³/mol. The molecule has 1 unspecified atom stereocenters. The Hall–Kier alpha value is -1.57. The van der Waals surface area contributed by atoms with Crippen LogP contribution in [0, 0.1) is 18.3 Å². The molecule has 2 nitrogen and oxygen atoms in total. The summed E-state index contributed by atoms with van der Waals surface area (Å²) < 4.78 is 0. The van der Waals surface area contributed by atoms with Crippen LogP contribution in [-0.2, 0) is 6.42 Å². The molecule has 1 aromatic rings. The van der Waals surface area contributed by atoms with E-state index in [0.29, 0.717) is 0 Å². The standard InChI is InChI=1S/C15H22N2/c1-5-14-7-6-11(2)9-15(14)17-13(4)8-12(3)10-16/h6-7,9-10,12,16-17H,4-5,8H2,1-3H3. The summed E-state index contributed by atoms with van der Waals surface area (Å²) in [5.74, 6) is 0.241. The van der Waals surface area contributed by atoms with Crippen LogP contribution in [-0.4, -0.2) is 6.21 Å². The fourth-order valence-electron chi connectivity index (χ4n) is 1.80. The molecule has 0 fully saturated rings. The molecule has 1 atom stereocenters. The van der Waals surface area contributed by atoms with Gasteiger partial charge in [-0.25, -0.2) is 0 Å². The van der Waals surface area contributed by atoms with Crippen molar-refractivity contribution in [1.82, 2.24) is 0 Å². The molecule has 0 spiro atoms. The minimum Gasteiger partial charge on any atom is -0.359 e. The van der Waals surface area contributed by atoms with Gasteiger partial charge in [0.2, 0.25) is 0 Å². The molecular weight excluding hydrogens is 208 g/mol. The third-order valence-electron chi connectivity index (χ3n) is 2.81. The molecule has 0 saturated carbocycles. The van der Waals surface area contributed by atoms with Gasteiger partial charge in [0.05, 0.1) is 0 Å². The average Bonchev–Trinajstić information content (AvgIpc) is 2.29. The number of benzene rings is 1. The highest BCUT2D eigenvalue weighted by molar-refractivity contribution is 5.59. The van der Waals surface area contributed by atoms with E-state index in [1.54, 1.807) is 0 Å². The molecule has 0 aliphatic heterocycles. The first-order valence-electron chi connectivity index (χ1n) is 6.11. The monoisotopic (exact) mass is 230 g/mol. The van der Waals surface area contributed by atoms with Gasteiger partial charge in [-0.3, -0.25) is 0 Å². The summed E-state index contributed by atoms with van der Waals surface area (Å²) in [6.07, 6.45) is 3.28. The van der Waals surface area contributed by atoms with Crippen LogP contribution in [0.3, 0.4) is 0 Å². The number of rotatable bonds is 6. The Morgan fingerprint density at radius 3 is 2.82 bits per heavy atom. The molecule has 2 N–H and O–H groups in total. The molecule has 0 saturated heterocycles. The fraction of sp³-hybridized carbons (Fsp3) is 0.400. The molecule has 2 heteroatoms. The lowest BCUT2D eigenvalue weighted by Gasteiger charge is -2.15. The normalized spacial score (nSPS) is 11.9. The summed E-state index contributed by atoms with van der Waals surface area (Å²) in [6.45, 7) is 10.3. The van der Waals surface area contributed by atoms with Crippen LogP contribution in [0.4, 0.5) is 5.69 Å². The second kappa shape index (κ2) is 6.24. The van der Waals surface area contributed by atoms with Crippen molar-refractivity contribution in [3.63, 3.8) is 0 Å². The van der Waals surface area contributed by atoms with E-state index < -0.39 is 0 Å². The van der Waals surface area contributed by atoms with Crippen LogP contribution in [0.25, 0.3) is 0 Å². The molecule has 1 rings (SSSR count). The zero-order valence-corrected chi connectivity index (χ0v) is 11.0. The quantitative estimate of drug-likeness (QED) is 0.707. The molecule has 0 aliphatic carbocycles. The van der Waals surface area contributed by atoms with Gasteiger partial charge in [0, 0.05) is 11.4 Å². The summed E-state index contributed by atoms with van der Waals surface area (Å²) in [5, 5.41) is 10.6. The Kier molecular flexibility index (Phi) is 4.95. The van der Waals surface area contributed by atoms with Crippen molar-refractivity contribution >= 4 is 11.9 Å². The van der Waals surface area contributed by atoms with Crippen molar-refractivity contribution in [1.29, 1.82) is 5.41 Å². The van der Waals surface area contributed by atoms with Crippen molar-refractivity contribution in [3.05, 3.63) is 41.6 Å². The molecule has 0 radical (unpaired) electrons. The van der Waals surface area contributed by atoms with Crippen molar-refractivity contribution in [2.24, 2.45) is 5.92 Å². The van der Waals surface area contributed by atoms with Gasteiger partial charge >= 0.3 is 0 Å². The van der Waals surface area contributed by atoms with Gasteiger partial charge in [-0.15, -0.1) is 0 Å². The van der Waals surface area contributed by atoms with E-state index in [9.17, 15) is 0 Å². The summed E-state index contributed by atoms with van der Waals surface area (Å²) in [5.41, 5.74) is 4.67. The van der Waals surface area contributed by atoms with Crippen molar-refractivity contribution in [3.8, 4) is 0 Å². The second-order valence-electron chi connectivity index (χ2n) is 4.59. The fourth-order valence-corrected chi connectivity index (χ4v) is 1.80. The third kappa shape index (κ3) is 4.06. The second-order valence-corrected chi connectivity index (χ2v) is 4.59. The highest BCUT2D eigenvalue weighted by Crippen LogP contribution is 2.21. The topological polar surface area (TPSA) is 35.9 Å². The number of hydrogen-bond acceptors (Lipinski definition) is 2. The van der Waals surface area contributed by atoms with Gasteiger partial charge in [-0.1, -0.05) is 32.6 Å². The van der Waals surface area contributed by atoms with Gasteiger partial charge in [0.25, 0.3) is 0 Å². The van der Waals surface area contributed by atoms with E-state index in [-0.39, 0.29) is 5.92 Å². The highest BCUT2D eigenvalue weighted by Gasteiger charge is 2.05. The van der Waals surface area contributed by atoms with Crippen LogP contribution in [0.15, 0.2) is 30.5 Å². The zero-order chi connectivity index (χ0) is 12.8. The molecule has 0 aliphatic rings. The van der Waals surface area contributed by atoms with Crippen LogP contribution in [0.1, 0.15) is 31.4 Å².